The van der Waals surface area contributed by atoms with Gasteiger partial charge in [-0.25, -0.2) is 8.42 Å². The van der Waals surface area contributed by atoms with Crippen LogP contribution >= 0.6 is 27.5 Å². The van der Waals surface area contributed by atoms with Crippen molar-refractivity contribution in [3.05, 3.63) is 51.0 Å². The summed E-state index contributed by atoms with van der Waals surface area (Å²) in [7, 11) is -4.26. The number of benzene rings is 2. The van der Waals surface area contributed by atoms with Crippen molar-refractivity contribution in [1.82, 2.24) is 0 Å². The summed E-state index contributed by atoms with van der Waals surface area (Å²) in [6.45, 7) is 0.470. The predicted octanol–water partition coefficient (Wildman–Crippen LogP) is 5.22. The van der Waals surface area contributed by atoms with Gasteiger partial charge in [-0.15, -0.1) is 0 Å². The summed E-state index contributed by atoms with van der Waals surface area (Å²) in [6.07, 6.45) is -2.43. The summed E-state index contributed by atoms with van der Waals surface area (Å²) < 4.78 is 67.4. The lowest BCUT2D eigenvalue weighted by atomic mass is 10.2. The third-order valence-electron chi connectivity index (χ3n) is 4.99. The largest absolute Gasteiger partial charge is 0.416 e. The molecule has 0 unspecified atom stereocenters. The van der Waals surface area contributed by atoms with Crippen molar-refractivity contribution < 1.29 is 26.4 Å². The Morgan fingerprint density at radius 1 is 1.17 bits per heavy atom. The first-order valence-electron chi connectivity index (χ1n) is 9.00. The van der Waals surface area contributed by atoms with Crippen LogP contribution in [0.25, 0.3) is 0 Å². The van der Waals surface area contributed by atoms with Crippen LogP contribution in [0.1, 0.15) is 24.0 Å². The summed E-state index contributed by atoms with van der Waals surface area (Å²) in [6, 6.07) is 5.49. The molecule has 30 heavy (non-hydrogen) atoms. The second-order valence-electron chi connectivity index (χ2n) is 7.26. The van der Waals surface area contributed by atoms with Crippen molar-refractivity contribution in [2.24, 2.45) is 5.92 Å². The Bertz CT molecular complexity index is 1150. The number of hydrogen-bond donors (Lipinski definition) is 1. The van der Waals surface area contributed by atoms with Crippen LogP contribution < -0.4 is 9.62 Å². The number of nitrogens with zero attached hydrogens (tertiary/aromatic N) is 1. The number of fused-ring (bicyclic) bond motifs is 1. The molecule has 0 atom stereocenters. The van der Waals surface area contributed by atoms with Crippen LogP contribution in [0.2, 0.25) is 5.02 Å². The average Bonchev–Trinajstić information content (AvgIpc) is 3.39. The molecule has 2 aromatic rings. The highest BCUT2D eigenvalue weighted by molar-refractivity contribution is 9.10. The number of halogens is 5. The molecule has 1 amide bonds. The molecule has 0 bridgehead atoms. The van der Waals surface area contributed by atoms with Gasteiger partial charge >= 0.3 is 6.18 Å². The van der Waals surface area contributed by atoms with Crippen molar-refractivity contribution in [2.45, 2.75) is 30.3 Å². The van der Waals surface area contributed by atoms with E-state index in [0.717, 1.165) is 24.5 Å². The molecule has 11 heteroatoms. The van der Waals surface area contributed by atoms with E-state index in [1.54, 1.807) is 11.0 Å². The minimum absolute atomic E-state index is 0.0231. The number of anilines is 2. The van der Waals surface area contributed by atoms with Crippen molar-refractivity contribution >= 4 is 54.8 Å². The topological polar surface area (TPSA) is 66.5 Å². The quantitative estimate of drug-likeness (QED) is 0.597. The van der Waals surface area contributed by atoms with Crippen LogP contribution in [0.3, 0.4) is 0 Å². The maximum absolute atomic E-state index is 13.0. The molecule has 2 aromatic carbocycles. The molecule has 0 spiro atoms. The molecule has 160 valence electrons. The van der Waals surface area contributed by atoms with Gasteiger partial charge in [0.1, 0.15) is 4.90 Å². The summed E-state index contributed by atoms with van der Waals surface area (Å²) >= 11 is 8.97. The lowest BCUT2D eigenvalue weighted by Crippen LogP contribution is -2.30. The smallest absolute Gasteiger partial charge is 0.312 e. The SMILES string of the molecule is O=C(C1CC1)N1CCc2cc(Br)c(S(=O)(=O)Nc3cc(Cl)cc(C(F)(F)F)c3)cc21. The van der Waals surface area contributed by atoms with Gasteiger partial charge in [0.2, 0.25) is 5.91 Å². The first kappa shape index (κ1) is 21.5. The number of amides is 1. The fourth-order valence-electron chi connectivity index (χ4n) is 3.40. The second-order valence-corrected chi connectivity index (χ2v) is 10.2. The van der Waals surface area contributed by atoms with E-state index < -0.39 is 21.8 Å². The fraction of sp³-hybridized carbons (Fsp3) is 0.316. The van der Waals surface area contributed by atoms with Crippen molar-refractivity contribution in [3.8, 4) is 0 Å². The van der Waals surface area contributed by atoms with E-state index in [1.807, 2.05) is 0 Å². The van der Waals surface area contributed by atoms with Crippen LogP contribution in [0.4, 0.5) is 24.5 Å². The van der Waals surface area contributed by atoms with Crippen LogP contribution in [0.5, 0.6) is 0 Å². The molecule has 2 aliphatic rings. The van der Waals surface area contributed by atoms with Gasteiger partial charge in [0.05, 0.1) is 11.3 Å². The predicted molar refractivity (Wildman–Crippen MR) is 110 cm³/mol. The Kier molecular flexibility index (Phi) is 5.31. The number of rotatable bonds is 4. The molecule has 4 rings (SSSR count). The maximum atomic E-state index is 13.0. The van der Waals surface area contributed by atoms with Gasteiger partial charge in [0.25, 0.3) is 10.0 Å². The molecule has 1 aliphatic carbocycles. The minimum atomic E-state index is -4.68. The molecule has 5 nitrogen and oxygen atoms in total. The van der Waals surface area contributed by atoms with E-state index in [9.17, 15) is 26.4 Å². The molecular weight excluding hydrogens is 509 g/mol. The van der Waals surface area contributed by atoms with E-state index in [2.05, 4.69) is 20.7 Å². The van der Waals surface area contributed by atoms with E-state index in [4.69, 9.17) is 11.6 Å². The lowest BCUT2D eigenvalue weighted by Gasteiger charge is -2.19. The number of carbonyl (C=O) groups is 1. The zero-order chi connectivity index (χ0) is 21.8. The molecule has 0 saturated heterocycles. The molecule has 1 saturated carbocycles. The van der Waals surface area contributed by atoms with Crippen molar-refractivity contribution in [2.75, 3.05) is 16.2 Å². The number of sulfonamides is 1. The minimum Gasteiger partial charge on any atom is -0.312 e. The van der Waals surface area contributed by atoms with Gasteiger partial charge in [-0.3, -0.25) is 9.52 Å². The third kappa shape index (κ3) is 4.17. The van der Waals surface area contributed by atoms with Crippen molar-refractivity contribution in [1.29, 1.82) is 0 Å². The monoisotopic (exact) mass is 522 g/mol. The summed E-state index contributed by atoms with van der Waals surface area (Å²) in [5, 5.41) is -0.253. The summed E-state index contributed by atoms with van der Waals surface area (Å²) in [4.78, 5) is 13.9. The van der Waals surface area contributed by atoms with Gasteiger partial charge < -0.3 is 4.90 Å². The van der Waals surface area contributed by atoms with Crippen LogP contribution in [0, 0.1) is 5.92 Å². The molecule has 0 aromatic heterocycles. The van der Waals surface area contributed by atoms with E-state index in [1.165, 1.54) is 6.07 Å². The Balaban J connectivity index is 1.69. The van der Waals surface area contributed by atoms with E-state index in [0.29, 0.717) is 30.8 Å². The lowest BCUT2D eigenvalue weighted by molar-refractivity contribution is -0.137. The fourth-order valence-corrected chi connectivity index (χ4v) is 5.78. The Hall–Kier alpha value is -1.78. The average molecular weight is 524 g/mol. The Morgan fingerprint density at radius 3 is 2.50 bits per heavy atom. The highest BCUT2D eigenvalue weighted by atomic mass is 79.9. The first-order valence-corrected chi connectivity index (χ1v) is 11.7. The van der Waals surface area contributed by atoms with Crippen molar-refractivity contribution in [3.63, 3.8) is 0 Å². The van der Waals surface area contributed by atoms with E-state index >= 15 is 0 Å². The zero-order valence-corrected chi connectivity index (χ0v) is 18.4. The standard InChI is InChI=1S/C19H15BrClF3N2O3S/c20-15-5-11-3-4-26(18(27)10-1-2-10)16(11)9-17(15)30(28,29)25-14-7-12(19(22,23)24)6-13(21)8-14/h5-10,25H,1-4H2. The van der Waals surface area contributed by atoms with Gasteiger partial charge in [0, 0.05) is 27.6 Å². The third-order valence-corrected chi connectivity index (χ3v) is 7.55. The number of hydrogen-bond acceptors (Lipinski definition) is 3. The summed E-state index contributed by atoms with van der Waals surface area (Å²) in [5.74, 6) is -0.0536. The van der Waals surface area contributed by atoms with Gasteiger partial charge in [-0.2, -0.15) is 13.2 Å². The molecular formula is C19H15BrClF3N2O3S. The molecule has 0 radical (unpaired) electrons. The number of alkyl halides is 3. The maximum Gasteiger partial charge on any atom is 0.416 e. The zero-order valence-electron chi connectivity index (χ0n) is 15.3. The number of carbonyl (C=O) groups excluding carboxylic acids is 1. The highest BCUT2D eigenvalue weighted by Gasteiger charge is 2.37. The molecule has 1 aliphatic heterocycles. The van der Waals surface area contributed by atoms with Gasteiger partial charge in [-0.1, -0.05) is 11.6 Å². The van der Waals surface area contributed by atoms with Crippen LogP contribution in [0.15, 0.2) is 39.7 Å². The molecule has 1 N–H and O–H groups in total. The van der Waals surface area contributed by atoms with Gasteiger partial charge in [-0.05, 0) is 71.1 Å². The summed E-state index contributed by atoms with van der Waals surface area (Å²) in [5.41, 5.74) is -0.0375. The molecule has 1 heterocycles. The van der Waals surface area contributed by atoms with Crippen LogP contribution in [-0.4, -0.2) is 20.9 Å². The highest BCUT2D eigenvalue weighted by Crippen LogP contribution is 2.40. The number of nitrogens with one attached hydrogen (secondary N) is 1. The Labute approximate surface area is 184 Å². The normalized spacial score (nSPS) is 16.5. The molecule has 1 fully saturated rings. The van der Waals surface area contributed by atoms with E-state index in [-0.39, 0.29) is 31.9 Å². The van der Waals surface area contributed by atoms with Gasteiger partial charge in [0.15, 0.2) is 0 Å². The Morgan fingerprint density at radius 2 is 1.87 bits per heavy atom. The first-order chi connectivity index (χ1) is 14.0. The van der Waals surface area contributed by atoms with Crippen LogP contribution in [-0.2, 0) is 27.4 Å². The second kappa shape index (κ2) is 7.42.